The zero-order valence-corrected chi connectivity index (χ0v) is 12.0. The molecule has 0 radical (unpaired) electrons. The number of thiophene rings is 1. The zero-order valence-electron chi connectivity index (χ0n) is 10.3. The highest BCUT2D eigenvalue weighted by Gasteiger charge is 2.24. The first-order valence-corrected chi connectivity index (χ1v) is 7.76. The second-order valence-electron chi connectivity index (χ2n) is 4.16. The van der Waals surface area contributed by atoms with E-state index >= 15 is 0 Å². The van der Waals surface area contributed by atoms with Crippen LogP contribution in [0.1, 0.15) is 10.7 Å². The minimum absolute atomic E-state index is 0.589. The number of nitrogens with two attached hydrogens (primary N) is 1. The van der Waals surface area contributed by atoms with Crippen molar-refractivity contribution in [2.75, 3.05) is 23.4 Å². The third-order valence-electron chi connectivity index (χ3n) is 3.11. The number of thioether (sulfide) groups is 1. The van der Waals surface area contributed by atoms with Crippen molar-refractivity contribution in [3.8, 4) is 6.07 Å². The maximum Gasteiger partial charge on any atom is 0.152 e. The third-order valence-corrected chi connectivity index (χ3v) is 5.24. The third kappa shape index (κ3) is 1.95. The van der Waals surface area contributed by atoms with E-state index in [9.17, 15) is 0 Å². The van der Waals surface area contributed by atoms with Gasteiger partial charge in [-0.2, -0.15) is 5.26 Å². The van der Waals surface area contributed by atoms with Crippen molar-refractivity contribution in [2.45, 2.75) is 18.0 Å². The molecule has 0 aliphatic carbocycles. The fourth-order valence-corrected chi connectivity index (χ4v) is 4.15. The van der Waals surface area contributed by atoms with Crippen LogP contribution in [0.25, 0.3) is 0 Å². The summed E-state index contributed by atoms with van der Waals surface area (Å²) in [5.74, 6) is 0.948. The van der Waals surface area contributed by atoms with Crippen LogP contribution in [0.5, 0.6) is 0 Å². The minimum Gasteiger partial charge on any atom is -0.396 e. The Balaban J connectivity index is 1.98. The molecular weight excluding hydrogens is 280 g/mol. The van der Waals surface area contributed by atoms with Gasteiger partial charge < -0.3 is 15.2 Å². The average molecular weight is 292 g/mol. The van der Waals surface area contributed by atoms with Crippen molar-refractivity contribution in [1.82, 2.24) is 14.8 Å². The van der Waals surface area contributed by atoms with E-state index in [1.807, 2.05) is 6.26 Å². The Morgan fingerprint density at radius 2 is 2.37 bits per heavy atom. The summed E-state index contributed by atoms with van der Waals surface area (Å²) in [5, 5.41) is 18.2. The number of rotatable bonds is 2. The van der Waals surface area contributed by atoms with Gasteiger partial charge in [-0.3, -0.25) is 0 Å². The lowest BCUT2D eigenvalue weighted by Gasteiger charge is -2.28. The molecule has 19 heavy (non-hydrogen) atoms. The molecule has 3 rings (SSSR count). The number of nitriles is 1. The molecule has 0 atom stereocenters. The molecule has 0 saturated heterocycles. The predicted octanol–water partition coefficient (Wildman–Crippen LogP) is 1.54. The number of fused-ring (bicyclic) bond motifs is 1. The molecule has 8 heteroatoms. The number of hydrogen-bond acceptors (Lipinski definition) is 7. The van der Waals surface area contributed by atoms with Crippen LogP contribution in [0.3, 0.4) is 0 Å². The molecule has 1 aliphatic heterocycles. The van der Waals surface area contributed by atoms with Crippen LogP contribution >= 0.6 is 23.1 Å². The second-order valence-corrected chi connectivity index (χ2v) is 5.97. The summed E-state index contributed by atoms with van der Waals surface area (Å²) in [6.45, 7) is 2.44. The molecule has 1 aliphatic rings. The highest BCUT2D eigenvalue weighted by atomic mass is 32.2. The fourth-order valence-electron chi connectivity index (χ4n) is 2.14. The van der Waals surface area contributed by atoms with E-state index in [4.69, 9.17) is 11.0 Å². The number of nitrogen functional groups attached to an aromatic ring is 1. The van der Waals surface area contributed by atoms with Crippen molar-refractivity contribution < 1.29 is 0 Å². The lowest BCUT2D eigenvalue weighted by atomic mass is 10.3. The standard InChI is InChI=1S/C11H12N6S2/c1-18-10-9(13)7(4-12)19-11(10)16-2-3-17-6-14-15-8(17)5-16/h6H,2-3,5,13H2,1H3. The number of hydrogen-bond donors (Lipinski definition) is 1. The SMILES string of the molecule is CSc1c(N2CCn3cnnc3C2)sc(C#N)c1N. The van der Waals surface area contributed by atoms with Gasteiger partial charge in [0.25, 0.3) is 0 Å². The molecule has 6 nitrogen and oxygen atoms in total. The van der Waals surface area contributed by atoms with E-state index in [1.54, 1.807) is 18.1 Å². The smallest absolute Gasteiger partial charge is 0.152 e. The number of aromatic nitrogens is 3. The molecule has 0 bridgehead atoms. The molecule has 2 N–H and O–H groups in total. The van der Waals surface area contributed by atoms with Crippen molar-refractivity contribution in [2.24, 2.45) is 0 Å². The molecule has 0 amide bonds. The van der Waals surface area contributed by atoms with Gasteiger partial charge in [-0.1, -0.05) is 0 Å². The number of nitrogens with zero attached hydrogens (tertiary/aromatic N) is 5. The molecule has 3 heterocycles. The molecular formula is C11H12N6S2. The molecule has 0 saturated carbocycles. The van der Waals surface area contributed by atoms with Gasteiger partial charge in [-0.15, -0.1) is 33.3 Å². The second kappa shape index (κ2) is 4.75. The van der Waals surface area contributed by atoms with Crippen LogP contribution in [0.4, 0.5) is 10.7 Å². The lowest BCUT2D eigenvalue weighted by molar-refractivity contribution is 0.561. The van der Waals surface area contributed by atoms with Gasteiger partial charge in [-0.25, -0.2) is 0 Å². The van der Waals surface area contributed by atoms with E-state index in [1.165, 1.54) is 11.3 Å². The normalized spacial score (nSPS) is 14.2. The summed E-state index contributed by atoms with van der Waals surface area (Å²) in [7, 11) is 0. The first-order chi connectivity index (χ1) is 9.24. The van der Waals surface area contributed by atoms with Gasteiger partial charge in [0.1, 0.15) is 22.3 Å². The summed E-state index contributed by atoms with van der Waals surface area (Å²) >= 11 is 3.04. The Morgan fingerprint density at radius 3 is 3.11 bits per heavy atom. The Kier molecular flexibility index (Phi) is 3.08. The summed E-state index contributed by atoms with van der Waals surface area (Å²) < 4.78 is 2.05. The van der Waals surface area contributed by atoms with Crippen molar-refractivity contribution in [3.63, 3.8) is 0 Å². The van der Waals surface area contributed by atoms with E-state index in [2.05, 4.69) is 25.7 Å². The van der Waals surface area contributed by atoms with Crippen LogP contribution in [-0.4, -0.2) is 27.6 Å². The minimum atomic E-state index is 0.589. The van der Waals surface area contributed by atoms with Crippen LogP contribution in [0.15, 0.2) is 11.2 Å². The molecule has 0 unspecified atom stereocenters. The summed E-state index contributed by atoms with van der Waals surface area (Å²) in [4.78, 5) is 3.80. The molecule has 2 aromatic rings. The maximum absolute atomic E-state index is 9.10. The van der Waals surface area contributed by atoms with E-state index in [0.717, 1.165) is 28.8 Å². The van der Waals surface area contributed by atoms with Crippen molar-refractivity contribution >= 4 is 33.8 Å². The van der Waals surface area contributed by atoms with Crippen molar-refractivity contribution in [1.29, 1.82) is 5.26 Å². The van der Waals surface area contributed by atoms with E-state index < -0.39 is 0 Å². The van der Waals surface area contributed by atoms with Gasteiger partial charge in [0.05, 0.1) is 17.1 Å². The number of anilines is 2. The topological polar surface area (TPSA) is 83.8 Å². The lowest BCUT2D eigenvalue weighted by Crippen LogP contribution is -2.33. The van der Waals surface area contributed by atoms with Gasteiger partial charge in [0.2, 0.25) is 0 Å². The van der Waals surface area contributed by atoms with Crippen LogP contribution in [0.2, 0.25) is 0 Å². The Morgan fingerprint density at radius 1 is 1.53 bits per heavy atom. The molecule has 2 aromatic heterocycles. The summed E-state index contributed by atoms with van der Waals surface area (Å²) in [6.07, 6.45) is 3.74. The Bertz CT molecular complexity index is 653. The molecule has 0 fully saturated rings. The largest absolute Gasteiger partial charge is 0.396 e. The highest BCUT2D eigenvalue weighted by molar-refractivity contribution is 7.99. The van der Waals surface area contributed by atoms with Gasteiger partial charge in [0, 0.05) is 13.1 Å². The van der Waals surface area contributed by atoms with Gasteiger partial charge in [-0.05, 0) is 6.26 Å². The quantitative estimate of drug-likeness (QED) is 0.845. The first-order valence-electron chi connectivity index (χ1n) is 5.72. The van der Waals surface area contributed by atoms with Crippen LogP contribution in [-0.2, 0) is 13.1 Å². The van der Waals surface area contributed by atoms with E-state index in [0.29, 0.717) is 17.1 Å². The van der Waals surface area contributed by atoms with E-state index in [-0.39, 0.29) is 0 Å². The average Bonchev–Trinajstić information content (AvgIpc) is 3.01. The predicted molar refractivity (Wildman–Crippen MR) is 76.3 cm³/mol. The van der Waals surface area contributed by atoms with Gasteiger partial charge >= 0.3 is 0 Å². The highest BCUT2D eigenvalue weighted by Crippen LogP contribution is 2.44. The zero-order chi connectivity index (χ0) is 13.4. The van der Waals surface area contributed by atoms with Crippen molar-refractivity contribution in [3.05, 3.63) is 17.0 Å². The Hall–Kier alpha value is -1.72. The monoisotopic (exact) mass is 292 g/mol. The fraction of sp³-hybridized carbons (Fsp3) is 0.364. The Labute approximate surface area is 118 Å². The summed E-state index contributed by atoms with van der Waals surface area (Å²) in [5.41, 5.74) is 6.61. The first kappa shape index (κ1) is 12.3. The maximum atomic E-state index is 9.10. The molecule has 0 spiro atoms. The van der Waals surface area contributed by atoms with Gasteiger partial charge in [0.15, 0.2) is 5.82 Å². The van der Waals surface area contributed by atoms with Crippen LogP contribution < -0.4 is 10.6 Å². The summed E-state index contributed by atoms with van der Waals surface area (Å²) in [6, 6.07) is 2.16. The van der Waals surface area contributed by atoms with Crippen LogP contribution in [0, 0.1) is 11.3 Å². The molecule has 0 aromatic carbocycles. The molecule has 98 valence electrons.